The van der Waals surface area contributed by atoms with Crippen LogP contribution in [0.25, 0.3) is 0 Å². The predicted octanol–water partition coefficient (Wildman–Crippen LogP) is 2.18. The van der Waals surface area contributed by atoms with Crippen LogP contribution in [0, 0.1) is 5.92 Å². The lowest BCUT2D eigenvalue weighted by Crippen LogP contribution is -2.38. The standard InChI is InChI=1S/C15H24N2O/c1-3-16-14-8-9-17(10-12(2)11-18)15-7-5-4-6-13(14)15/h4-7,12,14,16,18H,3,8-11H2,1-2H3. The summed E-state index contributed by atoms with van der Waals surface area (Å²) in [6.45, 7) is 7.52. The zero-order valence-corrected chi connectivity index (χ0v) is 11.4. The van der Waals surface area contributed by atoms with Gasteiger partial charge in [-0.25, -0.2) is 0 Å². The molecule has 3 nitrogen and oxygen atoms in total. The van der Waals surface area contributed by atoms with Gasteiger partial charge in [0, 0.05) is 31.4 Å². The van der Waals surface area contributed by atoms with E-state index in [-0.39, 0.29) is 6.61 Å². The van der Waals surface area contributed by atoms with E-state index in [4.69, 9.17) is 0 Å². The lowest BCUT2D eigenvalue weighted by Gasteiger charge is -2.37. The van der Waals surface area contributed by atoms with Gasteiger partial charge in [0.1, 0.15) is 0 Å². The summed E-state index contributed by atoms with van der Waals surface area (Å²) >= 11 is 0. The van der Waals surface area contributed by atoms with Gasteiger partial charge in [0.2, 0.25) is 0 Å². The first-order chi connectivity index (χ1) is 8.76. The normalized spacial score (nSPS) is 20.6. The second-order valence-corrected chi connectivity index (χ2v) is 5.19. The number of nitrogens with zero attached hydrogens (tertiary/aromatic N) is 1. The predicted molar refractivity (Wildman–Crippen MR) is 75.9 cm³/mol. The number of hydrogen-bond acceptors (Lipinski definition) is 3. The van der Waals surface area contributed by atoms with E-state index in [1.165, 1.54) is 11.3 Å². The van der Waals surface area contributed by atoms with E-state index in [0.717, 1.165) is 26.1 Å². The highest BCUT2D eigenvalue weighted by Gasteiger charge is 2.24. The third-order valence-electron chi connectivity index (χ3n) is 3.63. The van der Waals surface area contributed by atoms with Crippen molar-refractivity contribution in [2.24, 2.45) is 5.92 Å². The molecule has 1 aromatic rings. The molecule has 2 atom stereocenters. The molecule has 0 fully saturated rings. The number of aliphatic hydroxyl groups is 1. The van der Waals surface area contributed by atoms with Crippen molar-refractivity contribution in [2.45, 2.75) is 26.3 Å². The minimum absolute atomic E-state index is 0.259. The van der Waals surface area contributed by atoms with Crippen LogP contribution >= 0.6 is 0 Å². The summed E-state index contributed by atoms with van der Waals surface area (Å²) < 4.78 is 0. The molecule has 2 unspecified atom stereocenters. The van der Waals surface area contributed by atoms with E-state index in [1.54, 1.807) is 0 Å². The van der Waals surface area contributed by atoms with Crippen molar-refractivity contribution in [3.63, 3.8) is 0 Å². The van der Waals surface area contributed by atoms with Crippen molar-refractivity contribution < 1.29 is 5.11 Å². The second kappa shape index (κ2) is 6.21. The zero-order chi connectivity index (χ0) is 13.0. The van der Waals surface area contributed by atoms with Crippen LogP contribution in [0.5, 0.6) is 0 Å². The van der Waals surface area contributed by atoms with E-state index >= 15 is 0 Å². The molecule has 2 rings (SSSR count). The first-order valence-corrected chi connectivity index (χ1v) is 6.94. The molecule has 1 aliphatic heterocycles. The van der Waals surface area contributed by atoms with Crippen molar-refractivity contribution in [1.29, 1.82) is 0 Å². The van der Waals surface area contributed by atoms with E-state index in [0.29, 0.717) is 12.0 Å². The van der Waals surface area contributed by atoms with Gasteiger partial charge in [0.05, 0.1) is 0 Å². The summed E-state index contributed by atoms with van der Waals surface area (Å²) in [5.74, 6) is 0.328. The number of fused-ring (bicyclic) bond motifs is 1. The van der Waals surface area contributed by atoms with Gasteiger partial charge in [-0.3, -0.25) is 0 Å². The van der Waals surface area contributed by atoms with Gasteiger partial charge in [0.25, 0.3) is 0 Å². The molecule has 0 saturated heterocycles. The van der Waals surface area contributed by atoms with Gasteiger partial charge in [-0.1, -0.05) is 32.0 Å². The quantitative estimate of drug-likeness (QED) is 0.838. The number of hydrogen-bond donors (Lipinski definition) is 2. The maximum atomic E-state index is 9.21. The van der Waals surface area contributed by atoms with Gasteiger partial charge in [-0.05, 0) is 30.5 Å². The van der Waals surface area contributed by atoms with E-state index in [9.17, 15) is 5.11 Å². The van der Waals surface area contributed by atoms with Crippen molar-refractivity contribution in [2.75, 3.05) is 31.1 Å². The Morgan fingerprint density at radius 1 is 1.44 bits per heavy atom. The Morgan fingerprint density at radius 3 is 2.94 bits per heavy atom. The van der Waals surface area contributed by atoms with Crippen molar-refractivity contribution in [3.05, 3.63) is 29.8 Å². The van der Waals surface area contributed by atoms with Gasteiger partial charge in [-0.15, -0.1) is 0 Å². The lowest BCUT2D eigenvalue weighted by atomic mass is 9.95. The van der Waals surface area contributed by atoms with Crippen LogP contribution in [-0.4, -0.2) is 31.3 Å². The van der Waals surface area contributed by atoms with Gasteiger partial charge in [0.15, 0.2) is 0 Å². The Balaban J connectivity index is 2.19. The molecular weight excluding hydrogens is 224 g/mol. The number of benzene rings is 1. The molecule has 1 heterocycles. The lowest BCUT2D eigenvalue weighted by molar-refractivity contribution is 0.238. The maximum absolute atomic E-state index is 9.21. The number of para-hydroxylation sites is 1. The molecule has 0 saturated carbocycles. The zero-order valence-electron chi connectivity index (χ0n) is 11.4. The van der Waals surface area contributed by atoms with Crippen LogP contribution in [0.4, 0.5) is 5.69 Å². The number of anilines is 1. The Kier molecular flexibility index (Phi) is 4.61. The molecular formula is C15H24N2O. The largest absolute Gasteiger partial charge is 0.396 e. The smallest absolute Gasteiger partial charge is 0.0473 e. The van der Waals surface area contributed by atoms with Crippen molar-refractivity contribution >= 4 is 5.69 Å². The summed E-state index contributed by atoms with van der Waals surface area (Å²) in [6.07, 6.45) is 1.14. The number of rotatable bonds is 5. The van der Waals surface area contributed by atoms with Gasteiger partial charge < -0.3 is 15.3 Å². The molecule has 0 bridgehead atoms. The Bertz CT molecular complexity index is 381. The molecule has 18 heavy (non-hydrogen) atoms. The molecule has 0 spiro atoms. The van der Waals surface area contributed by atoms with Gasteiger partial charge in [-0.2, -0.15) is 0 Å². The molecule has 100 valence electrons. The minimum atomic E-state index is 0.259. The Labute approximate surface area is 110 Å². The van der Waals surface area contributed by atoms with Crippen LogP contribution in [-0.2, 0) is 0 Å². The third-order valence-corrected chi connectivity index (χ3v) is 3.63. The maximum Gasteiger partial charge on any atom is 0.0473 e. The summed E-state index contributed by atoms with van der Waals surface area (Å²) in [7, 11) is 0. The minimum Gasteiger partial charge on any atom is -0.396 e. The van der Waals surface area contributed by atoms with Crippen LogP contribution in [0.15, 0.2) is 24.3 Å². The molecule has 3 heteroatoms. The summed E-state index contributed by atoms with van der Waals surface area (Å²) in [6, 6.07) is 9.11. The highest BCUT2D eigenvalue weighted by atomic mass is 16.3. The first-order valence-electron chi connectivity index (χ1n) is 6.94. The summed E-state index contributed by atoms with van der Waals surface area (Å²) in [5.41, 5.74) is 2.73. The average molecular weight is 248 g/mol. The van der Waals surface area contributed by atoms with Crippen molar-refractivity contribution in [1.82, 2.24) is 5.32 Å². The Morgan fingerprint density at radius 2 is 2.22 bits per heavy atom. The van der Waals surface area contributed by atoms with Gasteiger partial charge >= 0.3 is 0 Å². The van der Waals surface area contributed by atoms with E-state index < -0.39 is 0 Å². The highest BCUT2D eigenvalue weighted by molar-refractivity contribution is 5.57. The molecule has 0 radical (unpaired) electrons. The Hall–Kier alpha value is -1.06. The van der Waals surface area contributed by atoms with Crippen LogP contribution in [0.2, 0.25) is 0 Å². The SMILES string of the molecule is CCNC1CCN(CC(C)CO)c2ccccc21. The monoisotopic (exact) mass is 248 g/mol. The van der Waals surface area contributed by atoms with Crippen molar-refractivity contribution in [3.8, 4) is 0 Å². The average Bonchev–Trinajstić information content (AvgIpc) is 2.41. The first kappa shape index (κ1) is 13.4. The van der Waals surface area contributed by atoms with Crippen LogP contribution in [0.1, 0.15) is 31.9 Å². The topological polar surface area (TPSA) is 35.5 Å². The van der Waals surface area contributed by atoms with E-state index in [2.05, 4.69) is 48.3 Å². The van der Waals surface area contributed by atoms with Crippen LogP contribution in [0.3, 0.4) is 0 Å². The highest BCUT2D eigenvalue weighted by Crippen LogP contribution is 2.33. The van der Waals surface area contributed by atoms with Crippen LogP contribution < -0.4 is 10.2 Å². The molecule has 2 N–H and O–H groups in total. The fourth-order valence-electron chi connectivity index (χ4n) is 2.71. The molecule has 1 aromatic carbocycles. The fourth-order valence-corrected chi connectivity index (χ4v) is 2.71. The van der Waals surface area contributed by atoms with E-state index in [1.807, 2.05) is 0 Å². The summed E-state index contributed by atoms with van der Waals surface area (Å²) in [5, 5.41) is 12.8. The molecule has 0 aromatic heterocycles. The molecule has 0 aliphatic carbocycles. The molecule has 1 aliphatic rings. The third kappa shape index (κ3) is 2.85. The number of nitrogens with one attached hydrogen (secondary N) is 1. The number of aliphatic hydroxyl groups excluding tert-OH is 1. The fraction of sp³-hybridized carbons (Fsp3) is 0.600. The summed E-state index contributed by atoms with van der Waals surface area (Å²) in [4.78, 5) is 2.41. The second-order valence-electron chi connectivity index (χ2n) is 5.19. The molecule has 0 amide bonds.